The van der Waals surface area contributed by atoms with Crippen molar-refractivity contribution in [1.29, 1.82) is 0 Å². The van der Waals surface area contributed by atoms with Crippen molar-refractivity contribution in [1.82, 2.24) is 15.1 Å². The number of carbonyl (C=O) groups excluding carboxylic acids is 1. The summed E-state index contributed by atoms with van der Waals surface area (Å²) in [7, 11) is -3.50. The Balaban J connectivity index is 1.85. The van der Waals surface area contributed by atoms with Crippen LogP contribution in [0.15, 0.2) is 70.2 Å². The Kier molecular flexibility index (Phi) is 7.84. The fourth-order valence-electron chi connectivity index (χ4n) is 3.68. The number of nitrogens with two attached hydrogens (primary N) is 1. The molecule has 0 saturated carbocycles. The molecule has 0 spiro atoms. The van der Waals surface area contributed by atoms with Crippen molar-refractivity contribution < 1.29 is 32.4 Å². The van der Waals surface area contributed by atoms with Crippen LogP contribution >= 0.6 is 0 Å². The average Bonchev–Trinajstić information content (AvgIpc) is 3.38. The molecule has 2 aromatic heterocycles. The summed E-state index contributed by atoms with van der Waals surface area (Å²) in [6.07, 6.45) is -1.57. The largest absolute Gasteiger partial charge is 0.464 e. The first-order valence-electron chi connectivity index (χ1n) is 12.5. The van der Waals surface area contributed by atoms with Gasteiger partial charge in [-0.05, 0) is 58.9 Å². The predicted molar refractivity (Wildman–Crippen MR) is 152 cm³/mol. The van der Waals surface area contributed by atoms with E-state index in [1.54, 1.807) is 71.0 Å². The molecule has 214 valence electrons. The van der Waals surface area contributed by atoms with E-state index in [1.165, 1.54) is 24.4 Å². The monoisotopic (exact) mass is 579 g/mol. The molecule has 0 atom stereocenters. The molecule has 3 N–H and O–H groups in total. The van der Waals surface area contributed by atoms with Gasteiger partial charge in [-0.1, -0.05) is 29.4 Å². The molecule has 0 radical (unpaired) electrons. The van der Waals surface area contributed by atoms with Gasteiger partial charge in [0, 0.05) is 22.9 Å². The number of carboxylic acid groups (broad SMARTS) is 1. The minimum Gasteiger partial charge on any atom is -0.464 e. The van der Waals surface area contributed by atoms with Crippen LogP contribution in [0.5, 0.6) is 0 Å². The van der Waals surface area contributed by atoms with Gasteiger partial charge in [0.2, 0.25) is 0 Å². The number of imide groups is 1. The van der Waals surface area contributed by atoms with Gasteiger partial charge in [0.15, 0.2) is 27.1 Å². The van der Waals surface area contributed by atoms with Gasteiger partial charge >= 0.3 is 12.2 Å². The molecule has 0 aliphatic rings. The summed E-state index contributed by atoms with van der Waals surface area (Å²) in [4.78, 5) is 34.5. The van der Waals surface area contributed by atoms with Crippen LogP contribution in [-0.4, -0.2) is 51.7 Å². The van der Waals surface area contributed by atoms with Crippen molar-refractivity contribution in [3.63, 3.8) is 0 Å². The zero-order valence-corrected chi connectivity index (χ0v) is 23.8. The lowest BCUT2D eigenvalue weighted by atomic mass is 10.1. The molecule has 0 unspecified atom stereocenters. The molecule has 0 fully saturated rings. The van der Waals surface area contributed by atoms with Crippen LogP contribution in [0.2, 0.25) is 0 Å². The molecular formula is C28H29N5O7S. The van der Waals surface area contributed by atoms with Gasteiger partial charge in [0.1, 0.15) is 11.3 Å². The number of hydrogen-bond donors (Lipinski definition) is 2. The minimum atomic E-state index is -3.50. The number of sulfone groups is 1. The molecule has 41 heavy (non-hydrogen) atoms. The van der Waals surface area contributed by atoms with E-state index in [1.807, 2.05) is 0 Å². The molecule has 0 aliphatic carbocycles. The fraction of sp³-hybridized carbons (Fsp3) is 0.250. The zero-order valence-electron chi connectivity index (χ0n) is 23.0. The molecule has 2 heterocycles. The SMILES string of the molecule is CC(C)S(=O)(=O)c1ccc(-c2cnc(N(C(=O)O)C(=O)OC(C)(C)C)c(-c3cc(-c4ccc(N)cc4)no3)n2)cc1. The van der Waals surface area contributed by atoms with Crippen LogP contribution in [-0.2, 0) is 14.6 Å². The number of rotatable bonds is 6. The van der Waals surface area contributed by atoms with Crippen LogP contribution in [0, 0.1) is 0 Å². The number of nitrogens with zero attached hydrogens (tertiary/aromatic N) is 4. The first-order valence-corrected chi connectivity index (χ1v) is 14.0. The van der Waals surface area contributed by atoms with Gasteiger partial charge in [-0.2, -0.15) is 4.90 Å². The number of anilines is 2. The maximum atomic E-state index is 12.9. The minimum absolute atomic E-state index is 0.0231. The molecule has 4 aromatic rings. The maximum absolute atomic E-state index is 12.9. The molecule has 4 rings (SSSR count). The van der Waals surface area contributed by atoms with E-state index >= 15 is 0 Å². The Morgan fingerprint density at radius 2 is 1.59 bits per heavy atom. The Bertz CT molecular complexity index is 1690. The topological polar surface area (TPSA) is 179 Å². The first kappa shape index (κ1) is 29.2. The second-order valence-electron chi connectivity index (χ2n) is 10.3. The van der Waals surface area contributed by atoms with Crippen LogP contribution in [0.3, 0.4) is 0 Å². The Morgan fingerprint density at radius 3 is 2.15 bits per heavy atom. The Hall–Kier alpha value is -4.78. The summed E-state index contributed by atoms with van der Waals surface area (Å²) >= 11 is 0. The highest BCUT2D eigenvalue weighted by atomic mass is 32.2. The van der Waals surface area contributed by atoms with Crippen molar-refractivity contribution >= 4 is 33.5 Å². The summed E-state index contributed by atoms with van der Waals surface area (Å²) in [6.45, 7) is 7.97. The van der Waals surface area contributed by atoms with Crippen LogP contribution in [0.25, 0.3) is 34.0 Å². The van der Waals surface area contributed by atoms with Crippen molar-refractivity contribution in [3.8, 4) is 34.0 Å². The van der Waals surface area contributed by atoms with E-state index < -0.39 is 32.9 Å². The smallest absolute Gasteiger partial charge is 0.425 e. The molecule has 12 nitrogen and oxygen atoms in total. The molecule has 2 amide bonds. The number of carbonyl (C=O) groups is 2. The summed E-state index contributed by atoms with van der Waals surface area (Å²) in [5.41, 5.74) is 7.05. The van der Waals surface area contributed by atoms with Crippen molar-refractivity contribution in [2.24, 2.45) is 0 Å². The zero-order chi connectivity index (χ0) is 30.1. The lowest BCUT2D eigenvalue weighted by molar-refractivity contribution is 0.0581. The summed E-state index contributed by atoms with van der Waals surface area (Å²) < 4.78 is 35.9. The summed E-state index contributed by atoms with van der Waals surface area (Å²) in [5, 5.41) is 13.4. The van der Waals surface area contributed by atoms with E-state index in [4.69, 9.17) is 15.0 Å². The number of hydrogen-bond acceptors (Lipinski definition) is 10. The highest BCUT2D eigenvalue weighted by molar-refractivity contribution is 7.92. The van der Waals surface area contributed by atoms with E-state index in [2.05, 4.69) is 15.1 Å². The van der Waals surface area contributed by atoms with Crippen LogP contribution in [0.4, 0.5) is 21.1 Å². The van der Waals surface area contributed by atoms with Gasteiger partial charge in [-0.3, -0.25) is 0 Å². The number of benzene rings is 2. The first-order chi connectivity index (χ1) is 19.2. The fourth-order valence-corrected chi connectivity index (χ4v) is 4.74. The maximum Gasteiger partial charge on any atom is 0.425 e. The van der Waals surface area contributed by atoms with E-state index in [0.717, 1.165) is 0 Å². The molecule has 13 heteroatoms. The van der Waals surface area contributed by atoms with Gasteiger partial charge in [0.25, 0.3) is 0 Å². The third-order valence-electron chi connectivity index (χ3n) is 5.78. The number of ether oxygens (including phenoxy) is 1. The van der Waals surface area contributed by atoms with Gasteiger partial charge in [-0.15, -0.1) is 0 Å². The molecule has 2 aromatic carbocycles. The number of aromatic nitrogens is 3. The highest BCUT2D eigenvalue weighted by Crippen LogP contribution is 2.34. The number of nitrogen functional groups attached to an aromatic ring is 1. The second kappa shape index (κ2) is 11.0. The van der Waals surface area contributed by atoms with Gasteiger partial charge in [-0.25, -0.2) is 28.0 Å². The lowest BCUT2D eigenvalue weighted by Gasteiger charge is -2.24. The molecule has 0 saturated heterocycles. The summed E-state index contributed by atoms with van der Waals surface area (Å²) in [5.74, 6) is -0.343. The van der Waals surface area contributed by atoms with Gasteiger partial charge < -0.3 is 20.1 Å². The van der Waals surface area contributed by atoms with E-state index in [0.29, 0.717) is 27.4 Å². The van der Waals surface area contributed by atoms with Crippen molar-refractivity contribution in [2.45, 2.75) is 50.4 Å². The summed E-state index contributed by atoms with van der Waals surface area (Å²) in [6, 6.07) is 14.4. The molecule has 0 aliphatic heterocycles. The standard InChI is InChI=1S/C28H29N5O7S/c1-16(2)41(37,38)20-12-8-18(9-13-20)22-15-30-25(33(26(34)35)27(36)39-28(3,4)5)24(31-22)23-14-21(32-40-23)17-6-10-19(29)11-7-17/h6-16H,29H2,1-5H3,(H,34,35). The molecule has 0 bridgehead atoms. The quantitative estimate of drug-likeness (QED) is 0.270. The van der Waals surface area contributed by atoms with Crippen LogP contribution < -0.4 is 10.6 Å². The normalized spacial score (nSPS) is 11.9. The highest BCUT2D eigenvalue weighted by Gasteiger charge is 2.34. The van der Waals surface area contributed by atoms with Crippen molar-refractivity contribution in [3.05, 3.63) is 60.8 Å². The van der Waals surface area contributed by atoms with E-state index in [9.17, 15) is 23.1 Å². The van der Waals surface area contributed by atoms with Crippen LogP contribution in [0.1, 0.15) is 34.6 Å². The lowest BCUT2D eigenvalue weighted by Crippen LogP contribution is -2.41. The average molecular weight is 580 g/mol. The second-order valence-corrected chi connectivity index (χ2v) is 12.8. The third-order valence-corrected chi connectivity index (χ3v) is 7.95. The van der Waals surface area contributed by atoms with Gasteiger partial charge in [0.05, 0.1) is 22.0 Å². The molecular weight excluding hydrogens is 550 g/mol. The Labute approximate surface area is 236 Å². The third kappa shape index (κ3) is 6.35. The van der Waals surface area contributed by atoms with Crippen molar-refractivity contribution in [2.75, 3.05) is 10.6 Å². The Morgan fingerprint density at radius 1 is 1.00 bits per heavy atom. The number of amides is 2. The predicted octanol–water partition coefficient (Wildman–Crippen LogP) is 5.65. The van der Waals surface area contributed by atoms with E-state index in [-0.39, 0.29) is 27.9 Å².